The molecule has 2 heterocycles. The van der Waals surface area contributed by atoms with Crippen molar-refractivity contribution in [2.45, 2.75) is 25.7 Å². The first kappa shape index (κ1) is 8.71. The lowest BCUT2D eigenvalue weighted by molar-refractivity contribution is 0.312. The van der Waals surface area contributed by atoms with Gasteiger partial charge in [0.2, 0.25) is 0 Å². The summed E-state index contributed by atoms with van der Waals surface area (Å²) in [6, 6.07) is 3.47. The van der Waals surface area contributed by atoms with Gasteiger partial charge in [-0.2, -0.15) is 0 Å². The molecule has 78 valence electrons. The van der Waals surface area contributed by atoms with Gasteiger partial charge in [-0.05, 0) is 12.3 Å². The molecular formula is C11H13N3O. The van der Waals surface area contributed by atoms with E-state index in [2.05, 4.69) is 10.1 Å². The van der Waals surface area contributed by atoms with Gasteiger partial charge in [0.15, 0.2) is 5.65 Å². The van der Waals surface area contributed by atoms with Crippen LogP contribution in [0.1, 0.15) is 25.0 Å². The minimum absolute atomic E-state index is 0.0145. The first-order valence-corrected chi connectivity index (χ1v) is 5.39. The van der Waals surface area contributed by atoms with Crippen LogP contribution in [0.3, 0.4) is 0 Å². The van der Waals surface area contributed by atoms with E-state index in [0.29, 0.717) is 0 Å². The Labute approximate surface area is 86.9 Å². The number of aromatic nitrogens is 3. The van der Waals surface area contributed by atoms with Gasteiger partial charge in [0.1, 0.15) is 0 Å². The van der Waals surface area contributed by atoms with Gasteiger partial charge in [-0.25, -0.2) is 9.50 Å². The molecule has 4 nitrogen and oxygen atoms in total. The Bertz CT molecular complexity index is 536. The zero-order valence-corrected chi connectivity index (χ0v) is 8.44. The lowest BCUT2D eigenvalue weighted by Crippen LogP contribution is -2.19. The van der Waals surface area contributed by atoms with E-state index in [1.54, 1.807) is 12.3 Å². The topological polar surface area (TPSA) is 50.2 Å². The summed E-state index contributed by atoms with van der Waals surface area (Å²) in [7, 11) is 0. The molecule has 1 fully saturated rings. The van der Waals surface area contributed by atoms with E-state index >= 15 is 0 Å². The summed E-state index contributed by atoms with van der Waals surface area (Å²) in [5.41, 5.74) is 1.64. The van der Waals surface area contributed by atoms with E-state index in [-0.39, 0.29) is 5.56 Å². The summed E-state index contributed by atoms with van der Waals surface area (Å²) in [5.74, 6) is 0.748. The lowest BCUT2D eigenvalue weighted by Gasteiger charge is -2.24. The summed E-state index contributed by atoms with van der Waals surface area (Å²) in [5, 5.41) is 2.84. The van der Waals surface area contributed by atoms with Crippen molar-refractivity contribution in [3.05, 3.63) is 34.4 Å². The van der Waals surface area contributed by atoms with Crippen molar-refractivity contribution in [1.82, 2.24) is 14.6 Å². The third-order valence-corrected chi connectivity index (χ3v) is 3.16. The highest BCUT2D eigenvalue weighted by atomic mass is 16.1. The molecule has 2 aromatic rings. The third kappa shape index (κ3) is 1.46. The summed E-state index contributed by atoms with van der Waals surface area (Å²) in [4.78, 5) is 16.1. The van der Waals surface area contributed by atoms with E-state index in [9.17, 15) is 4.79 Å². The van der Waals surface area contributed by atoms with E-state index in [4.69, 9.17) is 0 Å². The highest BCUT2D eigenvalue weighted by Crippen LogP contribution is 2.28. The van der Waals surface area contributed by atoms with Crippen molar-refractivity contribution in [3.63, 3.8) is 0 Å². The van der Waals surface area contributed by atoms with Crippen LogP contribution >= 0.6 is 0 Å². The SMILES string of the molecule is O=c1cc(CC2CCC2)nc2cc[nH]n12. The predicted octanol–water partition coefficient (Wildman–Crippen LogP) is 1.37. The minimum atomic E-state index is -0.0145. The Morgan fingerprint density at radius 1 is 1.53 bits per heavy atom. The minimum Gasteiger partial charge on any atom is -0.297 e. The lowest BCUT2D eigenvalue weighted by atomic mass is 9.82. The van der Waals surface area contributed by atoms with Crippen LogP contribution < -0.4 is 5.56 Å². The highest BCUT2D eigenvalue weighted by molar-refractivity contribution is 5.36. The molecule has 15 heavy (non-hydrogen) atoms. The molecule has 2 aromatic heterocycles. The number of hydrogen-bond acceptors (Lipinski definition) is 2. The fraction of sp³-hybridized carbons (Fsp3) is 0.455. The molecule has 0 saturated heterocycles. The summed E-state index contributed by atoms with van der Waals surface area (Å²) in [6.45, 7) is 0. The van der Waals surface area contributed by atoms with Crippen LogP contribution in [0, 0.1) is 5.92 Å². The van der Waals surface area contributed by atoms with Crippen LogP contribution in [-0.4, -0.2) is 14.6 Å². The van der Waals surface area contributed by atoms with Crippen molar-refractivity contribution in [2.75, 3.05) is 0 Å². The number of aromatic amines is 1. The third-order valence-electron chi connectivity index (χ3n) is 3.16. The molecule has 0 aliphatic heterocycles. The maximum atomic E-state index is 11.6. The molecule has 0 unspecified atom stereocenters. The summed E-state index contributed by atoms with van der Waals surface area (Å²) in [6.07, 6.45) is 6.59. The van der Waals surface area contributed by atoms with Gasteiger partial charge in [-0.15, -0.1) is 0 Å². The smallest absolute Gasteiger partial charge is 0.272 e. The molecule has 4 heteroatoms. The fourth-order valence-corrected chi connectivity index (χ4v) is 2.07. The van der Waals surface area contributed by atoms with Gasteiger partial charge < -0.3 is 0 Å². The number of rotatable bonds is 2. The van der Waals surface area contributed by atoms with Gasteiger partial charge in [0.25, 0.3) is 5.56 Å². The molecule has 0 amide bonds. The van der Waals surface area contributed by atoms with Crippen LogP contribution in [0.25, 0.3) is 5.65 Å². The second kappa shape index (κ2) is 3.22. The van der Waals surface area contributed by atoms with Crippen molar-refractivity contribution in [3.8, 4) is 0 Å². The van der Waals surface area contributed by atoms with Gasteiger partial charge in [-0.1, -0.05) is 19.3 Å². The van der Waals surface area contributed by atoms with Crippen molar-refractivity contribution >= 4 is 5.65 Å². The van der Waals surface area contributed by atoms with Crippen molar-refractivity contribution in [1.29, 1.82) is 0 Å². The summed E-state index contributed by atoms with van der Waals surface area (Å²) >= 11 is 0. The van der Waals surface area contributed by atoms with Gasteiger partial charge in [0, 0.05) is 24.0 Å². The molecule has 0 aromatic carbocycles. The number of nitrogens with zero attached hydrogens (tertiary/aromatic N) is 2. The van der Waals surface area contributed by atoms with Crippen LogP contribution in [0.2, 0.25) is 0 Å². The second-order valence-corrected chi connectivity index (χ2v) is 4.24. The normalized spacial score (nSPS) is 16.8. The van der Waals surface area contributed by atoms with Gasteiger partial charge in [0.05, 0.1) is 0 Å². The molecule has 0 radical (unpaired) electrons. The standard InChI is InChI=1S/C11H13N3O/c15-11-7-9(6-8-2-1-3-8)13-10-4-5-12-14(10)11/h4-5,7-8,12H,1-3,6H2. The van der Waals surface area contributed by atoms with Gasteiger partial charge in [-0.3, -0.25) is 9.89 Å². The molecule has 0 bridgehead atoms. The predicted molar refractivity (Wildman–Crippen MR) is 56.9 cm³/mol. The molecule has 1 N–H and O–H groups in total. The number of fused-ring (bicyclic) bond motifs is 1. The average Bonchev–Trinajstić information content (AvgIpc) is 2.59. The zero-order valence-electron chi connectivity index (χ0n) is 8.44. The molecule has 1 saturated carbocycles. The maximum Gasteiger partial charge on any atom is 0.272 e. The number of hydrogen-bond donors (Lipinski definition) is 1. The number of H-pyrrole nitrogens is 1. The average molecular weight is 203 g/mol. The molecule has 0 atom stereocenters. The monoisotopic (exact) mass is 203 g/mol. The van der Waals surface area contributed by atoms with E-state index in [1.807, 2.05) is 6.07 Å². The molecule has 0 spiro atoms. The van der Waals surface area contributed by atoms with E-state index in [0.717, 1.165) is 23.7 Å². The Morgan fingerprint density at radius 3 is 3.13 bits per heavy atom. The largest absolute Gasteiger partial charge is 0.297 e. The quantitative estimate of drug-likeness (QED) is 0.801. The summed E-state index contributed by atoms with van der Waals surface area (Å²) < 4.78 is 1.46. The van der Waals surface area contributed by atoms with Crippen molar-refractivity contribution < 1.29 is 0 Å². The molecule has 1 aliphatic carbocycles. The zero-order chi connectivity index (χ0) is 10.3. The fourth-order valence-electron chi connectivity index (χ4n) is 2.07. The Kier molecular flexibility index (Phi) is 1.87. The number of nitrogens with one attached hydrogen (secondary N) is 1. The maximum absolute atomic E-state index is 11.6. The van der Waals surface area contributed by atoms with E-state index < -0.39 is 0 Å². The van der Waals surface area contributed by atoms with Crippen LogP contribution in [0.15, 0.2) is 23.1 Å². The molecule has 1 aliphatic rings. The van der Waals surface area contributed by atoms with Crippen LogP contribution in [-0.2, 0) is 6.42 Å². The van der Waals surface area contributed by atoms with Crippen molar-refractivity contribution in [2.24, 2.45) is 5.92 Å². The Balaban J connectivity index is 2.00. The molecular weight excluding hydrogens is 190 g/mol. The van der Waals surface area contributed by atoms with Crippen LogP contribution in [0.5, 0.6) is 0 Å². The van der Waals surface area contributed by atoms with E-state index in [1.165, 1.54) is 23.8 Å². The van der Waals surface area contributed by atoms with Gasteiger partial charge >= 0.3 is 0 Å². The van der Waals surface area contributed by atoms with Crippen LogP contribution in [0.4, 0.5) is 0 Å². The second-order valence-electron chi connectivity index (χ2n) is 4.24. The Hall–Kier alpha value is -1.58. The Morgan fingerprint density at radius 2 is 2.40 bits per heavy atom. The highest BCUT2D eigenvalue weighted by Gasteiger charge is 2.18. The first-order chi connectivity index (χ1) is 7.33. The molecule has 3 rings (SSSR count). The first-order valence-electron chi connectivity index (χ1n) is 5.39.